The van der Waals surface area contributed by atoms with Crippen molar-refractivity contribution < 1.29 is 9.53 Å². The Kier molecular flexibility index (Phi) is 3.70. The van der Waals surface area contributed by atoms with Crippen molar-refractivity contribution in [3.8, 4) is 0 Å². The van der Waals surface area contributed by atoms with Crippen molar-refractivity contribution >= 4 is 28.4 Å². The van der Waals surface area contributed by atoms with Gasteiger partial charge in [-0.15, -0.1) is 0 Å². The van der Waals surface area contributed by atoms with E-state index in [0.717, 1.165) is 42.2 Å². The number of amides is 1. The van der Waals surface area contributed by atoms with Crippen LogP contribution >= 0.6 is 0 Å². The molecule has 2 bridgehead atoms. The molecule has 2 aromatic heterocycles. The number of ether oxygens (including phenoxy) is 1. The second kappa shape index (κ2) is 6.50. The van der Waals surface area contributed by atoms with Gasteiger partial charge in [0.05, 0.1) is 29.7 Å². The fraction of sp³-hybridized carbons (Fsp3) is 0.478. The van der Waals surface area contributed by atoms with E-state index >= 15 is 0 Å². The van der Waals surface area contributed by atoms with Crippen LogP contribution in [-0.4, -0.2) is 51.4 Å². The van der Waals surface area contributed by atoms with Gasteiger partial charge in [-0.1, -0.05) is 18.2 Å². The third-order valence-electron chi connectivity index (χ3n) is 7.69. The first kappa shape index (κ1) is 17.7. The molecule has 2 N–H and O–H groups in total. The molecule has 3 fully saturated rings. The summed E-state index contributed by atoms with van der Waals surface area (Å²) in [5, 5.41) is 11.2. The van der Waals surface area contributed by atoms with Gasteiger partial charge >= 0.3 is 0 Å². The maximum Gasteiger partial charge on any atom is 0.225 e. The summed E-state index contributed by atoms with van der Waals surface area (Å²) in [7, 11) is 0. The molecular weight excluding hydrogens is 392 g/mol. The molecule has 1 saturated carbocycles. The minimum atomic E-state index is 0.0523. The van der Waals surface area contributed by atoms with Gasteiger partial charge in [0.1, 0.15) is 12.1 Å². The van der Waals surface area contributed by atoms with Crippen molar-refractivity contribution in [2.45, 2.75) is 37.4 Å². The Hall–Kier alpha value is -3.00. The predicted molar refractivity (Wildman–Crippen MR) is 114 cm³/mol. The first-order valence-corrected chi connectivity index (χ1v) is 11.2. The summed E-state index contributed by atoms with van der Waals surface area (Å²) in [5.74, 6) is 2.83. The number of fused-ring (bicyclic) bond motifs is 7. The molecule has 1 unspecified atom stereocenters. The first-order chi connectivity index (χ1) is 15.3. The molecule has 5 heterocycles. The topological polar surface area (TPSA) is 96.0 Å². The SMILES string of the molecule is O=C(NCCC1CN(c2ncnc3[nH]ncc23)c2ccccc21)[C@@H]1C[C@@H]2O[C@H]1[C@H]1C[C@H]12. The molecule has 4 aliphatic rings. The Morgan fingerprint density at radius 2 is 2.16 bits per heavy atom. The number of nitrogens with one attached hydrogen (secondary N) is 2. The summed E-state index contributed by atoms with van der Waals surface area (Å²) in [4.78, 5) is 23.9. The second-order valence-corrected chi connectivity index (χ2v) is 9.32. The van der Waals surface area contributed by atoms with Crippen LogP contribution in [0.25, 0.3) is 11.0 Å². The van der Waals surface area contributed by atoms with E-state index < -0.39 is 0 Å². The Morgan fingerprint density at radius 3 is 3.06 bits per heavy atom. The smallest absolute Gasteiger partial charge is 0.225 e. The molecule has 1 aliphatic carbocycles. The van der Waals surface area contributed by atoms with Crippen molar-refractivity contribution in [3.63, 3.8) is 0 Å². The highest BCUT2D eigenvalue weighted by Gasteiger charge is 2.64. The van der Waals surface area contributed by atoms with E-state index in [0.29, 0.717) is 24.5 Å². The summed E-state index contributed by atoms with van der Waals surface area (Å²) in [6, 6.07) is 8.47. The number of hydrogen-bond acceptors (Lipinski definition) is 6. The molecule has 6 atom stereocenters. The zero-order valence-electron chi connectivity index (χ0n) is 17.1. The minimum absolute atomic E-state index is 0.0523. The highest BCUT2D eigenvalue weighted by Crippen LogP contribution is 2.60. The molecular formula is C23H24N6O2. The van der Waals surface area contributed by atoms with Gasteiger partial charge in [-0.25, -0.2) is 9.97 Å². The minimum Gasteiger partial charge on any atom is -0.374 e. The van der Waals surface area contributed by atoms with Crippen LogP contribution in [0.1, 0.15) is 30.7 Å². The van der Waals surface area contributed by atoms with Gasteiger partial charge in [0.25, 0.3) is 0 Å². The third-order valence-corrected chi connectivity index (χ3v) is 7.69. The van der Waals surface area contributed by atoms with Gasteiger partial charge in [-0.05, 0) is 42.7 Å². The van der Waals surface area contributed by atoms with Crippen LogP contribution in [-0.2, 0) is 9.53 Å². The summed E-state index contributed by atoms with van der Waals surface area (Å²) in [6.45, 7) is 1.51. The van der Waals surface area contributed by atoms with Gasteiger partial charge in [0, 0.05) is 24.7 Å². The Labute approximate surface area is 179 Å². The lowest BCUT2D eigenvalue weighted by atomic mass is 9.88. The summed E-state index contributed by atoms with van der Waals surface area (Å²) < 4.78 is 6.00. The maximum atomic E-state index is 12.8. The van der Waals surface area contributed by atoms with Crippen LogP contribution in [0, 0.1) is 17.8 Å². The third kappa shape index (κ3) is 2.64. The summed E-state index contributed by atoms with van der Waals surface area (Å²) in [6.07, 6.45) is 6.94. The molecule has 2 saturated heterocycles. The van der Waals surface area contributed by atoms with Crippen LogP contribution < -0.4 is 10.2 Å². The zero-order chi connectivity index (χ0) is 20.5. The highest BCUT2D eigenvalue weighted by atomic mass is 16.5. The molecule has 0 radical (unpaired) electrons. The summed E-state index contributed by atoms with van der Waals surface area (Å²) in [5.41, 5.74) is 3.21. The Bertz CT molecular complexity index is 1180. The monoisotopic (exact) mass is 416 g/mol. The number of para-hydroxylation sites is 1. The van der Waals surface area contributed by atoms with Crippen LogP contribution in [0.15, 0.2) is 36.8 Å². The van der Waals surface area contributed by atoms with E-state index in [1.807, 2.05) is 0 Å². The maximum absolute atomic E-state index is 12.8. The lowest BCUT2D eigenvalue weighted by molar-refractivity contribution is -0.126. The van der Waals surface area contributed by atoms with Crippen molar-refractivity contribution in [2.75, 3.05) is 18.0 Å². The number of rotatable bonds is 5. The molecule has 3 aliphatic heterocycles. The molecule has 0 spiro atoms. The molecule has 7 rings (SSSR count). The molecule has 158 valence electrons. The zero-order valence-corrected chi connectivity index (χ0v) is 17.1. The molecule has 1 aromatic carbocycles. The van der Waals surface area contributed by atoms with E-state index in [2.05, 4.69) is 54.6 Å². The highest BCUT2D eigenvalue weighted by molar-refractivity contribution is 5.90. The van der Waals surface area contributed by atoms with Gasteiger partial charge < -0.3 is 15.0 Å². The number of carbonyl (C=O) groups excluding carboxylic acids is 1. The molecule has 1 amide bonds. The van der Waals surface area contributed by atoms with E-state index in [9.17, 15) is 4.79 Å². The van der Waals surface area contributed by atoms with Crippen LogP contribution in [0.2, 0.25) is 0 Å². The average molecular weight is 416 g/mol. The predicted octanol–water partition coefficient (Wildman–Crippen LogP) is 2.52. The second-order valence-electron chi connectivity index (χ2n) is 9.32. The standard InChI is InChI=1S/C23H24N6O2/c30-23(16-8-19-14-7-15(14)20(16)31-19)24-6-5-12-10-29(18-4-2-1-3-13(12)18)22-17-9-27-28-21(17)25-11-26-22/h1-4,9,11-12,14-16,19-20H,5-8,10H2,(H,24,30)(H,25,26,27,28)/t12?,14-,15+,16-,19+,20+/m1/s1. The van der Waals surface area contributed by atoms with Crippen molar-refractivity contribution in [2.24, 2.45) is 17.8 Å². The number of hydrogen-bond donors (Lipinski definition) is 2. The van der Waals surface area contributed by atoms with Crippen LogP contribution in [0.5, 0.6) is 0 Å². The number of nitrogens with zero attached hydrogens (tertiary/aromatic N) is 4. The largest absolute Gasteiger partial charge is 0.374 e. The molecule has 8 heteroatoms. The quantitative estimate of drug-likeness (QED) is 0.664. The number of anilines is 2. The number of H-pyrrole nitrogens is 1. The Balaban J connectivity index is 1.06. The molecule has 8 nitrogen and oxygen atoms in total. The molecule has 31 heavy (non-hydrogen) atoms. The normalized spacial score (nSPS) is 32.3. The molecule has 3 aromatic rings. The van der Waals surface area contributed by atoms with E-state index in [4.69, 9.17) is 4.74 Å². The lowest BCUT2D eigenvalue weighted by Crippen LogP contribution is -2.37. The van der Waals surface area contributed by atoms with E-state index in [1.165, 1.54) is 17.7 Å². The first-order valence-electron chi connectivity index (χ1n) is 11.2. The van der Waals surface area contributed by atoms with Gasteiger partial charge in [0.2, 0.25) is 5.91 Å². The number of benzene rings is 1. The van der Waals surface area contributed by atoms with Crippen molar-refractivity contribution in [3.05, 3.63) is 42.4 Å². The average Bonchev–Trinajstić information content (AvgIpc) is 3.16. The number of aromatic nitrogens is 4. The fourth-order valence-electron chi connectivity index (χ4n) is 6.12. The Morgan fingerprint density at radius 1 is 1.23 bits per heavy atom. The summed E-state index contributed by atoms with van der Waals surface area (Å²) >= 11 is 0. The van der Waals surface area contributed by atoms with Crippen molar-refractivity contribution in [1.29, 1.82) is 0 Å². The van der Waals surface area contributed by atoms with Gasteiger partial charge in [0.15, 0.2) is 5.65 Å². The van der Waals surface area contributed by atoms with Gasteiger partial charge in [-0.3, -0.25) is 9.89 Å². The number of aromatic amines is 1. The van der Waals surface area contributed by atoms with Crippen LogP contribution in [0.4, 0.5) is 11.5 Å². The van der Waals surface area contributed by atoms with Crippen LogP contribution in [0.3, 0.4) is 0 Å². The lowest BCUT2D eigenvalue weighted by Gasteiger charge is -2.20. The fourth-order valence-corrected chi connectivity index (χ4v) is 6.12. The van der Waals surface area contributed by atoms with Crippen molar-refractivity contribution in [1.82, 2.24) is 25.5 Å². The van der Waals surface area contributed by atoms with E-state index in [-0.39, 0.29) is 17.9 Å². The van der Waals surface area contributed by atoms with E-state index in [1.54, 1.807) is 12.5 Å². The number of carbonyl (C=O) groups is 1. The van der Waals surface area contributed by atoms with Gasteiger partial charge in [-0.2, -0.15) is 5.10 Å².